The van der Waals surface area contributed by atoms with Gasteiger partial charge in [0.25, 0.3) is 0 Å². The Morgan fingerprint density at radius 3 is 0.966 bits per heavy atom. The van der Waals surface area contributed by atoms with E-state index in [2.05, 4.69) is 27.7 Å². The molecule has 2 atom stereocenters. The smallest absolute Gasteiger partial charge is 0.0440 e. The van der Waals surface area contributed by atoms with Crippen molar-refractivity contribution in [3.8, 4) is 0 Å². The Bertz CT molecular complexity index is 282. The van der Waals surface area contributed by atoms with Gasteiger partial charge in [-0.1, -0.05) is 169 Å². The fourth-order valence-electron chi connectivity index (χ4n) is 4.87. The average molecular weight is 409 g/mol. The third-order valence-corrected chi connectivity index (χ3v) is 6.91. The zero-order valence-electron chi connectivity index (χ0n) is 21.4. The normalized spacial score (nSPS) is 13.7. The maximum atomic E-state index is 2.48. The maximum absolute atomic E-state index is 2.48. The second-order valence-corrected chi connectivity index (χ2v) is 10.4. The monoisotopic (exact) mass is 408 g/mol. The number of rotatable bonds is 24. The lowest BCUT2D eigenvalue weighted by Gasteiger charge is -2.16. The Morgan fingerprint density at radius 2 is 0.621 bits per heavy atom. The Balaban J connectivity index is 3.15. The van der Waals surface area contributed by atoms with Crippen LogP contribution in [0.2, 0.25) is 0 Å². The second kappa shape index (κ2) is 24.3. The molecule has 0 rings (SSSR count). The molecule has 0 aromatic carbocycles. The average Bonchev–Trinajstić information content (AvgIpc) is 2.71. The van der Waals surface area contributed by atoms with Gasteiger partial charge in [-0.3, -0.25) is 0 Å². The molecule has 0 spiro atoms. The fourth-order valence-corrected chi connectivity index (χ4v) is 4.87. The van der Waals surface area contributed by atoms with Crippen molar-refractivity contribution in [3.05, 3.63) is 0 Å². The van der Waals surface area contributed by atoms with E-state index >= 15 is 0 Å². The van der Waals surface area contributed by atoms with Gasteiger partial charge in [-0.25, -0.2) is 0 Å². The van der Waals surface area contributed by atoms with E-state index in [4.69, 9.17) is 0 Å². The molecule has 2 unspecified atom stereocenters. The zero-order chi connectivity index (χ0) is 21.4. The van der Waals surface area contributed by atoms with Gasteiger partial charge >= 0.3 is 0 Å². The van der Waals surface area contributed by atoms with E-state index < -0.39 is 0 Å². The van der Waals surface area contributed by atoms with E-state index in [0.29, 0.717) is 0 Å². The topological polar surface area (TPSA) is 0 Å². The first kappa shape index (κ1) is 29.0. The minimum atomic E-state index is 0.945. The second-order valence-electron chi connectivity index (χ2n) is 10.4. The highest BCUT2D eigenvalue weighted by Gasteiger charge is 2.08. The third-order valence-electron chi connectivity index (χ3n) is 6.91. The molecular weight excluding hydrogens is 348 g/mol. The van der Waals surface area contributed by atoms with E-state index in [0.717, 1.165) is 11.8 Å². The summed E-state index contributed by atoms with van der Waals surface area (Å²) in [5.41, 5.74) is 0. The molecule has 0 fully saturated rings. The van der Waals surface area contributed by atoms with Gasteiger partial charge in [0.1, 0.15) is 0 Å². The molecule has 0 aromatic heterocycles. The van der Waals surface area contributed by atoms with Gasteiger partial charge in [0, 0.05) is 0 Å². The molecule has 176 valence electrons. The molecule has 0 nitrogen and oxygen atoms in total. The first-order valence-electron chi connectivity index (χ1n) is 14.2. The van der Waals surface area contributed by atoms with Crippen LogP contribution in [0.5, 0.6) is 0 Å². The summed E-state index contributed by atoms with van der Waals surface area (Å²) >= 11 is 0. The Morgan fingerprint density at radius 1 is 0.345 bits per heavy atom. The van der Waals surface area contributed by atoms with Crippen molar-refractivity contribution in [2.45, 2.75) is 175 Å². The van der Waals surface area contributed by atoms with Crippen molar-refractivity contribution in [3.63, 3.8) is 0 Å². The van der Waals surface area contributed by atoms with Crippen molar-refractivity contribution >= 4 is 0 Å². The van der Waals surface area contributed by atoms with Crippen LogP contribution in [-0.2, 0) is 0 Å². The maximum Gasteiger partial charge on any atom is -0.0440 e. The van der Waals surface area contributed by atoms with Gasteiger partial charge < -0.3 is 0 Å². The number of unbranched alkanes of at least 4 members (excludes halogenated alkanes) is 18. The summed E-state index contributed by atoms with van der Waals surface area (Å²) in [6, 6.07) is 0. The van der Waals surface area contributed by atoms with E-state index in [-0.39, 0.29) is 0 Å². The molecule has 0 saturated heterocycles. The van der Waals surface area contributed by atoms with Crippen molar-refractivity contribution in [1.82, 2.24) is 0 Å². The Kier molecular flexibility index (Phi) is 24.3. The molecular formula is C29H60. The minimum Gasteiger partial charge on any atom is -0.0654 e. The van der Waals surface area contributed by atoms with Crippen LogP contribution in [0.3, 0.4) is 0 Å². The predicted octanol–water partition coefficient (Wildman–Crippen LogP) is 11.3. The van der Waals surface area contributed by atoms with E-state index in [1.54, 1.807) is 0 Å². The first-order chi connectivity index (χ1) is 14.2. The quantitative estimate of drug-likeness (QED) is 0.139. The molecule has 0 aliphatic carbocycles. The SMILES string of the molecule is CCCCCCCCCCCCCCCCCCCCC(C)CC(C)CCCC. The summed E-state index contributed by atoms with van der Waals surface area (Å²) in [5.74, 6) is 1.89. The molecule has 29 heavy (non-hydrogen) atoms. The van der Waals surface area contributed by atoms with Crippen LogP contribution in [0, 0.1) is 11.8 Å². The highest BCUT2D eigenvalue weighted by molar-refractivity contribution is 4.60. The van der Waals surface area contributed by atoms with Crippen LogP contribution in [0.15, 0.2) is 0 Å². The highest BCUT2D eigenvalue weighted by atomic mass is 14.1. The van der Waals surface area contributed by atoms with Crippen LogP contribution in [0.1, 0.15) is 175 Å². The summed E-state index contributed by atoms with van der Waals surface area (Å²) in [5, 5.41) is 0. The molecule has 0 aromatic rings. The van der Waals surface area contributed by atoms with Gasteiger partial charge in [-0.2, -0.15) is 0 Å². The molecule has 0 heterocycles. The van der Waals surface area contributed by atoms with Crippen molar-refractivity contribution < 1.29 is 0 Å². The number of hydrogen-bond acceptors (Lipinski definition) is 0. The molecule has 0 aliphatic heterocycles. The van der Waals surface area contributed by atoms with Crippen LogP contribution in [0.4, 0.5) is 0 Å². The first-order valence-corrected chi connectivity index (χ1v) is 14.2. The predicted molar refractivity (Wildman–Crippen MR) is 136 cm³/mol. The number of hydrogen-bond donors (Lipinski definition) is 0. The fraction of sp³-hybridized carbons (Fsp3) is 1.00. The van der Waals surface area contributed by atoms with Crippen molar-refractivity contribution in [1.29, 1.82) is 0 Å². The molecule has 0 saturated carbocycles. The van der Waals surface area contributed by atoms with Gasteiger partial charge in [0.05, 0.1) is 0 Å². The van der Waals surface area contributed by atoms with E-state index in [9.17, 15) is 0 Å². The summed E-state index contributed by atoms with van der Waals surface area (Å²) in [7, 11) is 0. The van der Waals surface area contributed by atoms with Gasteiger partial charge in [0.15, 0.2) is 0 Å². The van der Waals surface area contributed by atoms with Crippen LogP contribution >= 0.6 is 0 Å². The lowest BCUT2D eigenvalue weighted by molar-refractivity contribution is 0.359. The van der Waals surface area contributed by atoms with Gasteiger partial charge in [-0.05, 0) is 18.3 Å². The Labute approximate surface area is 187 Å². The van der Waals surface area contributed by atoms with E-state index in [1.807, 2.05) is 0 Å². The largest absolute Gasteiger partial charge is 0.0654 e. The third kappa shape index (κ3) is 24.1. The molecule has 0 aliphatic rings. The molecule has 0 heteroatoms. The van der Waals surface area contributed by atoms with E-state index in [1.165, 1.54) is 148 Å². The molecule has 0 bridgehead atoms. The van der Waals surface area contributed by atoms with Crippen molar-refractivity contribution in [2.75, 3.05) is 0 Å². The van der Waals surface area contributed by atoms with Crippen LogP contribution in [-0.4, -0.2) is 0 Å². The van der Waals surface area contributed by atoms with Gasteiger partial charge in [-0.15, -0.1) is 0 Å². The molecule has 0 amide bonds. The highest BCUT2D eigenvalue weighted by Crippen LogP contribution is 2.22. The standard InChI is InChI=1S/C29H60/c1-5-7-9-10-11-12-13-14-15-16-17-18-19-20-21-22-23-24-26-29(4)27-28(3)25-8-6-2/h28-29H,5-27H2,1-4H3. The Hall–Kier alpha value is 0. The summed E-state index contributed by atoms with van der Waals surface area (Å²) in [4.78, 5) is 0. The van der Waals surface area contributed by atoms with Gasteiger partial charge in [0.2, 0.25) is 0 Å². The minimum absolute atomic E-state index is 0.945. The summed E-state index contributed by atoms with van der Waals surface area (Å²) in [6.07, 6.45) is 33.7. The molecule has 0 radical (unpaired) electrons. The summed E-state index contributed by atoms with van der Waals surface area (Å²) < 4.78 is 0. The van der Waals surface area contributed by atoms with Crippen LogP contribution in [0.25, 0.3) is 0 Å². The van der Waals surface area contributed by atoms with Crippen molar-refractivity contribution in [2.24, 2.45) is 11.8 Å². The van der Waals surface area contributed by atoms with Crippen LogP contribution < -0.4 is 0 Å². The molecule has 0 N–H and O–H groups in total. The lowest BCUT2D eigenvalue weighted by atomic mass is 9.90. The zero-order valence-corrected chi connectivity index (χ0v) is 21.4. The summed E-state index contributed by atoms with van der Waals surface area (Å²) in [6.45, 7) is 9.56. The lowest BCUT2D eigenvalue weighted by Crippen LogP contribution is -2.03.